The summed E-state index contributed by atoms with van der Waals surface area (Å²) in [6.45, 7) is 3.88. The van der Waals surface area contributed by atoms with Gasteiger partial charge >= 0.3 is 5.69 Å². The van der Waals surface area contributed by atoms with Crippen LogP contribution in [0.2, 0.25) is 0 Å². The van der Waals surface area contributed by atoms with Crippen molar-refractivity contribution in [3.05, 3.63) is 62.4 Å². The van der Waals surface area contributed by atoms with E-state index in [1.54, 1.807) is 37.5 Å². The fraction of sp³-hybridized carbons (Fsp3) is 0.300. The van der Waals surface area contributed by atoms with Crippen LogP contribution in [-0.4, -0.2) is 27.1 Å². The molecule has 8 nitrogen and oxygen atoms in total. The molecule has 3 aromatic rings. The van der Waals surface area contributed by atoms with Gasteiger partial charge in [-0.2, -0.15) is 0 Å². The quantitative estimate of drug-likeness (QED) is 0.745. The zero-order chi connectivity index (χ0) is 20.6. The van der Waals surface area contributed by atoms with Crippen LogP contribution in [0.5, 0.6) is 5.75 Å². The summed E-state index contributed by atoms with van der Waals surface area (Å²) >= 11 is 0. The second kappa shape index (κ2) is 7.30. The van der Waals surface area contributed by atoms with Gasteiger partial charge in [0.25, 0.3) is 11.5 Å². The highest BCUT2D eigenvalue weighted by atomic mass is 16.5. The molecule has 0 aliphatic heterocycles. The number of carbonyl (C=O) groups excluding carboxylic acids is 1. The van der Waals surface area contributed by atoms with Crippen molar-refractivity contribution in [1.82, 2.24) is 14.1 Å². The predicted octanol–water partition coefficient (Wildman–Crippen LogP) is 2.02. The summed E-state index contributed by atoms with van der Waals surface area (Å²) < 4.78 is 7.47. The molecule has 146 valence electrons. The Hall–Kier alpha value is -3.42. The van der Waals surface area contributed by atoms with Gasteiger partial charge in [0.15, 0.2) is 5.65 Å². The van der Waals surface area contributed by atoms with Crippen LogP contribution in [0.1, 0.15) is 35.7 Å². The largest absolute Gasteiger partial charge is 0.497 e. The first-order valence-electron chi connectivity index (χ1n) is 8.80. The van der Waals surface area contributed by atoms with E-state index in [0.29, 0.717) is 22.6 Å². The molecule has 0 aliphatic rings. The zero-order valence-corrected chi connectivity index (χ0v) is 16.4. The Kier molecular flexibility index (Phi) is 5.04. The molecule has 0 atom stereocenters. The number of amides is 1. The average Bonchev–Trinajstić information content (AvgIpc) is 2.70. The second-order valence-electron chi connectivity index (χ2n) is 6.83. The summed E-state index contributed by atoms with van der Waals surface area (Å²) in [5, 5.41) is 3.05. The molecule has 0 saturated heterocycles. The van der Waals surface area contributed by atoms with Crippen molar-refractivity contribution in [2.75, 3.05) is 12.4 Å². The van der Waals surface area contributed by atoms with Gasteiger partial charge in [0.05, 0.1) is 12.8 Å². The molecule has 0 radical (unpaired) electrons. The minimum Gasteiger partial charge on any atom is -0.497 e. The van der Waals surface area contributed by atoms with Gasteiger partial charge < -0.3 is 10.1 Å². The van der Waals surface area contributed by atoms with Crippen LogP contribution in [0.25, 0.3) is 11.0 Å². The molecule has 0 saturated carbocycles. The lowest BCUT2D eigenvalue weighted by molar-refractivity contribution is 0.102. The summed E-state index contributed by atoms with van der Waals surface area (Å²) in [6.07, 6.45) is 1.59. The predicted molar refractivity (Wildman–Crippen MR) is 107 cm³/mol. The Morgan fingerprint density at radius 2 is 1.89 bits per heavy atom. The van der Waals surface area contributed by atoms with E-state index in [9.17, 15) is 14.4 Å². The molecule has 0 fully saturated rings. The third-order valence-corrected chi connectivity index (χ3v) is 4.69. The molecule has 0 aliphatic carbocycles. The minimum atomic E-state index is -0.506. The van der Waals surface area contributed by atoms with Gasteiger partial charge in [-0.25, -0.2) is 9.78 Å². The van der Waals surface area contributed by atoms with Crippen LogP contribution in [0.15, 0.2) is 40.1 Å². The Morgan fingerprint density at radius 1 is 1.18 bits per heavy atom. The number of carbonyl (C=O) groups is 1. The molecule has 0 spiro atoms. The maximum Gasteiger partial charge on any atom is 0.332 e. The maximum absolute atomic E-state index is 12.9. The van der Waals surface area contributed by atoms with E-state index < -0.39 is 11.2 Å². The van der Waals surface area contributed by atoms with Gasteiger partial charge in [-0.1, -0.05) is 19.9 Å². The molecule has 0 bridgehead atoms. The van der Waals surface area contributed by atoms with Crippen molar-refractivity contribution in [2.24, 2.45) is 14.1 Å². The summed E-state index contributed by atoms with van der Waals surface area (Å²) in [5.41, 5.74) is 0.698. The Bertz CT molecular complexity index is 1190. The smallest absolute Gasteiger partial charge is 0.332 e. The zero-order valence-electron chi connectivity index (χ0n) is 16.4. The number of rotatable bonds is 4. The molecule has 8 heteroatoms. The average molecular weight is 382 g/mol. The minimum absolute atomic E-state index is 0.000509. The van der Waals surface area contributed by atoms with Crippen LogP contribution in [0.4, 0.5) is 5.69 Å². The topological polar surface area (TPSA) is 95.2 Å². The molecule has 0 unspecified atom stereocenters. The highest BCUT2D eigenvalue weighted by Crippen LogP contribution is 2.29. The van der Waals surface area contributed by atoms with Gasteiger partial charge in [0.1, 0.15) is 11.1 Å². The lowest BCUT2D eigenvalue weighted by atomic mass is 10.0. The van der Waals surface area contributed by atoms with Gasteiger partial charge in [0.2, 0.25) is 0 Å². The van der Waals surface area contributed by atoms with Crippen molar-refractivity contribution >= 4 is 22.6 Å². The van der Waals surface area contributed by atoms with E-state index >= 15 is 0 Å². The number of hydrogen-bond donors (Lipinski definition) is 1. The molecular weight excluding hydrogens is 360 g/mol. The molecule has 2 aromatic heterocycles. The highest BCUT2D eigenvalue weighted by Gasteiger charge is 2.21. The highest BCUT2D eigenvalue weighted by molar-refractivity contribution is 6.09. The van der Waals surface area contributed by atoms with Gasteiger partial charge in [-0.15, -0.1) is 0 Å². The maximum atomic E-state index is 12.9. The normalized spacial score (nSPS) is 11.1. The number of hydrogen-bond acceptors (Lipinski definition) is 5. The molecular formula is C20H22N4O4. The van der Waals surface area contributed by atoms with E-state index in [-0.39, 0.29) is 22.9 Å². The second-order valence-corrected chi connectivity index (χ2v) is 6.83. The monoisotopic (exact) mass is 382 g/mol. The number of fused-ring (bicyclic) bond motifs is 1. The van der Waals surface area contributed by atoms with Gasteiger partial charge in [-0.3, -0.25) is 18.7 Å². The number of anilines is 1. The van der Waals surface area contributed by atoms with Gasteiger partial charge in [0, 0.05) is 25.9 Å². The fourth-order valence-corrected chi connectivity index (χ4v) is 3.07. The van der Waals surface area contributed by atoms with Crippen molar-refractivity contribution < 1.29 is 9.53 Å². The van der Waals surface area contributed by atoms with Crippen molar-refractivity contribution in [2.45, 2.75) is 19.8 Å². The molecule has 1 amide bonds. The van der Waals surface area contributed by atoms with Crippen molar-refractivity contribution in [3.63, 3.8) is 0 Å². The Morgan fingerprint density at radius 3 is 2.54 bits per heavy atom. The lowest BCUT2D eigenvalue weighted by Crippen LogP contribution is -2.38. The first-order valence-corrected chi connectivity index (χ1v) is 8.80. The van der Waals surface area contributed by atoms with Crippen molar-refractivity contribution in [3.8, 4) is 5.75 Å². The molecule has 2 heterocycles. The number of aryl methyl sites for hydroxylation is 1. The SMILES string of the molecule is COc1cccc(C(=O)Nc2c(C(C)C)cnc3c2c(=O)n(C)c(=O)n3C)c1. The van der Waals surface area contributed by atoms with E-state index in [1.165, 1.54) is 18.7 Å². The Labute approximate surface area is 161 Å². The number of nitrogens with one attached hydrogen (secondary N) is 1. The van der Waals surface area contributed by atoms with Crippen LogP contribution in [0.3, 0.4) is 0 Å². The number of pyridine rings is 1. The van der Waals surface area contributed by atoms with Crippen LogP contribution < -0.4 is 21.3 Å². The van der Waals surface area contributed by atoms with E-state index in [0.717, 1.165) is 4.57 Å². The van der Waals surface area contributed by atoms with Gasteiger partial charge in [-0.05, 0) is 29.7 Å². The first kappa shape index (κ1) is 19.3. The van der Waals surface area contributed by atoms with E-state index in [4.69, 9.17) is 4.74 Å². The first-order chi connectivity index (χ1) is 13.3. The third kappa shape index (κ3) is 3.17. The number of methoxy groups -OCH3 is 1. The number of ether oxygens (including phenoxy) is 1. The summed E-state index contributed by atoms with van der Waals surface area (Å²) in [7, 11) is 4.47. The number of benzene rings is 1. The van der Waals surface area contributed by atoms with Crippen molar-refractivity contribution in [1.29, 1.82) is 0 Å². The van der Waals surface area contributed by atoms with E-state index in [2.05, 4.69) is 10.3 Å². The molecule has 3 rings (SSSR count). The number of nitrogens with zero attached hydrogens (tertiary/aromatic N) is 3. The Balaban J connectivity index is 2.26. The number of aromatic nitrogens is 3. The fourth-order valence-electron chi connectivity index (χ4n) is 3.07. The van der Waals surface area contributed by atoms with Crippen LogP contribution in [-0.2, 0) is 14.1 Å². The summed E-state index contributed by atoms with van der Waals surface area (Å²) in [4.78, 5) is 42.3. The standard InChI is InChI=1S/C20H22N4O4/c1-11(2)14-10-21-17-15(19(26)24(4)20(27)23(17)3)16(14)22-18(25)12-7-6-8-13(9-12)28-5/h6-11H,1-5H3,(H,21,22,25). The van der Waals surface area contributed by atoms with E-state index in [1.807, 2.05) is 13.8 Å². The summed E-state index contributed by atoms with van der Waals surface area (Å²) in [6, 6.07) is 6.72. The third-order valence-electron chi connectivity index (χ3n) is 4.69. The lowest BCUT2D eigenvalue weighted by Gasteiger charge is -2.17. The molecule has 28 heavy (non-hydrogen) atoms. The molecule has 1 N–H and O–H groups in total. The summed E-state index contributed by atoms with van der Waals surface area (Å²) in [5.74, 6) is 0.165. The van der Waals surface area contributed by atoms with Crippen LogP contribution >= 0.6 is 0 Å². The molecule has 1 aromatic carbocycles. The van der Waals surface area contributed by atoms with Crippen LogP contribution in [0, 0.1) is 0 Å².